The number of allylic oxidation sites excluding steroid dienone is 1. The van der Waals surface area contributed by atoms with Crippen LogP contribution in [0.4, 0.5) is 0 Å². The molecule has 0 radical (unpaired) electrons. The molecule has 0 fully saturated rings. The predicted molar refractivity (Wildman–Crippen MR) is 132 cm³/mol. The van der Waals surface area contributed by atoms with E-state index in [-0.39, 0.29) is 0 Å². The fraction of sp³-hybridized carbons (Fsp3) is 0.333. The van der Waals surface area contributed by atoms with E-state index in [9.17, 15) is 0 Å². The van der Waals surface area contributed by atoms with Gasteiger partial charge in [-0.2, -0.15) is 0 Å². The molecule has 30 heavy (non-hydrogen) atoms. The lowest BCUT2D eigenvalue weighted by molar-refractivity contribution is 0.834. The number of benzene rings is 3. The van der Waals surface area contributed by atoms with Gasteiger partial charge in [0.1, 0.15) is 0 Å². The maximum absolute atomic E-state index is 2.48. The van der Waals surface area contributed by atoms with Crippen LogP contribution in [0.5, 0.6) is 0 Å². The molecule has 0 saturated carbocycles. The molecule has 0 heterocycles. The third-order valence-electron chi connectivity index (χ3n) is 6.36. The summed E-state index contributed by atoms with van der Waals surface area (Å²) in [5.41, 5.74) is 12.8. The summed E-state index contributed by atoms with van der Waals surface area (Å²) < 4.78 is 0. The van der Waals surface area contributed by atoms with Crippen LogP contribution < -0.4 is 0 Å². The minimum Gasteiger partial charge on any atom is -0.0652 e. The van der Waals surface area contributed by atoms with Crippen molar-refractivity contribution in [3.63, 3.8) is 0 Å². The first kappa shape index (κ1) is 20.7. The standard InChI is InChI=1S/C30H34/c1-6-10-22-15-24-13-14-28(23-11-8-7-9-12-23)30(29(24)16-22)27-18-25(20(2)3)17-26(19-27)21(4)5/h7-9,11-14,16-21H,6,10,15H2,1-5H3. The third kappa shape index (κ3) is 4.01. The number of hydrogen-bond donors (Lipinski definition) is 0. The lowest BCUT2D eigenvalue weighted by Gasteiger charge is -2.19. The van der Waals surface area contributed by atoms with Gasteiger partial charge in [0.2, 0.25) is 0 Å². The monoisotopic (exact) mass is 394 g/mol. The normalized spacial score (nSPS) is 13.1. The first-order valence-corrected chi connectivity index (χ1v) is 11.5. The molecule has 154 valence electrons. The molecule has 0 spiro atoms. The second kappa shape index (κ2) is 8.64. The Morgan fingerprint density at radius 1 is 0.767 bits per heavy atom. The number of fused-ring (bicyclic) bond motifs is 1. The summed E-state index contributed by atoms with van der Waals surface area (Å²) in [5, 5.41) is 0. The average Bonchev–Trinajstić information content (AvgIpc) is 3.16. The van der Waals surface area contributed by atoms with Gasteiger partial charge in [0, 0.05) is 0 Å². The zero-order chi connectivity index (χ0) is 21.3. The molecule has 3 aromatic rings. The van der Waals surface area contributed by atoms with Crippen LogP contribution in [0.1, 0.15) is 81.5 Å². The van der Waals surface area contributed by atoms with Crippen molar-refractivity contribution in [1.29, 1.82) is 0 Å². The van der Waals surface area contributed by atoms with Gasteiger partial charge in [0.25, 0.3) is 0 Å². The summed E-state index contributed by atoms with van der Waals surface area (Å²) in [5.74, 6) is 1.04. The summed E-state index contributed by atoms with van der Waals surface area (Å²) >= 11 is 0. The van der Waals surface area contributed by atoms with Crippen molar-refractivity contribution < 1.29 is 0 Å². The van der Waals surface area contributed by atoms with E-state index in [1.807, 2.05) is 0 Å². The summed E-state index contributed by atoms with van der Waals surface area (Å²) in [6, 6.07) is 22.9. The molecule has 1 aliphatic carbocycles. The predicted octanol–water partition coefficient (Wildman–Crippen LogP) is 9.01. The molecule has 0 unspecified atom stereocenters. The van der Waals surface area contributed by atoms with Crippen LogP contribution in [0.15, 0.2) is 66.2 Å². The van der Waals surface area contributed by atoms with Crippen LogP contribution in [0.25, 0.3) is 28.3 Å². The molecule has 0 saturated heterocycles. The van der Waals surface area contributed by atoms with Gasteiger partial charge in [-0.05, 0) is 69.2 Å². The Bertz CT molecular complexity index is 1040. The highest BCUT2D eigenvalue weighted by Gasteiger charge is 2.21. The third-order valence-corrected chi connectivity index (χ3v) is 6.36. The van der Waals surface area contributed by atoms with E-state index in [1.165, 1.54) is 57.3 Å². The molecule has 3 aromatic carbocycles. The van der Waals surface area contributed by atoms with Gasteiger partial charge >= 0.3 is 0 Å². The SMILES string of the molecule is CCCC1=Cc2c(ccc(-c3ccccc3)c2-c2cc(C(C)C)cc(C(C)C)c2)C1. The second-order valence-electron chi connectivity index (χ2n) is 9.35. The van der Waals surface area contributed by atoms with E-state index in [0.717, 1.165) is 6.42 Å². The smallest absolute Gasteiger partial charge is 0.00298 e. The van der Waals surface area contributed by atoms with Gasteiger partial charge < -0.3 is 0 Å². The minimum absolute atomic E-state index is 0.519. The minimum atomic E-state index is 0.519. The highest BCUT2D eigenvalue weighted by molar-refractivity contribution is 5.92. The summed E-state index contributed by atoms with van der Waals surface area (Å²) in [7, 11) is 0. The van der Waals surface area contributed by atoms with Gasteiger partial charge in [0.15, 0.2) is 0 Å². The van der Waals surface area contributed by atoms with Crippen LogP contribution >= 0.6 is 0 Å². The van der Waals surface area contributed by atoms with Gasteiger partial charge in [0.05, 0.1) is 0 Å². The molecule has 1 aliphatic rings. The largest absolute Gasteiger partial charge is 0.0652 e. The molecular weight excluding hydrogens is 360 g/mol. The van der Waals surface area contributed by atoms with Crippen LogP contribution in [0.3, 0.4) is 0 Å². The zero-order valence-corrected chi connectivity index (χ0v) is 19.1. The first-order valence-electron chi connectivity index (χ1n) is 11.5. The molecule has 4 rings (SSSR count). The van der Waals surface area contributed by atoms with Crippen LogP contribution in [-0.4, -0.2) is 0 Å². The molecule has 0 heteroatoms. The van der Waals surface area contributed by atoms with Crippen LogP contribution in [-0.2, 0) is 6.42 Å². The van der Waals surface area contributed by atoms with Gasteiger partial charge in [-0.1, -0.05) is 113 Å². The van der Waals surface area contributed by atoms with E-state index in [0.29, 0.717) is 11.8 Å². The Balaban J connectivity index is 2.00. The Hall–Kier alpha value is -2.60. The van der Waals surface area contributed by atoms with Gasteiger partial charge in [-0.25, -0.2) is 0 Å². The van der Waals surface area contributed by atoms with Crippen molar-refractivity contribution >= 4 is 6.08 Å². The second-order valence-corrected chi connectivity index (χ2v) is 9.35. The van der Waals surface area contributed by atoms with Crippen molar-refractivity contribution in [1.82, 2.24) is 0 Å². The summed E-state index contributed by atoms with van der Waals surface area (Å²) in [4.78, 5) is 0. The van der Waals surface area contributed by atoms with Crippen LogP contribution in [0.2, 0.25) is 0 Å². The van der Waals surface area contributed by atoms with Gasteiger partial charge in [-0.3, -0.25) is 0 Å². The number of hydrogen-bond acceptors (Lipinski definition) is 0. The lowest BCUT2D eigenvalue weighted by Crippen LogP contribution is -1.98. The molecule has 0 aromatic heterocycles. The van der Waals surface area contributed by atoms with E-state index in [2.05, 4.69) is 101 Å². The molecule has 0 amide bonds. The van der Waals surface area contributed by atoms with E-state index >= 15 is 0 Å². The summed E-state index contributed by atoms with van der Waals surface area (Å²) in [6.45, 7) is 11.5. The zero-order valence-electron chi connectivity index (χ0n) is 19.1. The maximum atomic E-state index is 2.48. The maximum Gasteiger partial charge on any atom is -0.00298 e. The van der Waals surface area contributed by atoms with Crippen molar-refractivity contribution in [2.45, 2.75) is 65.7 Å². The van der Waals surface area contributed by atoms with Crippen molar-refractivity contribution in [2.24, 2.45) is 0 Å². The topological polar surface area (TPSA) is 0 Å². The van der Waals surface area contributed by atoms with Crippen molar-refractivity contribution in [3.05, 3.63) is 88.5 Å². The Morgan fingerprint density at radius 2 is 1.43 bits per heavy atom. The van der Waals surface area contributed by atoms with Crippen molar-refractivity contribution in [2.75, 3.05) is 0 Å². The van der Waals surface area contributed by atoms with E-state index in [4.69, 9.17) is 0 Å². The molecule has 0 nitrogen and oxygen atoms in total. The highest BCUT2D eigenvalue weighted by Crippen LogP contribution is 2.43. The first-order chi connectivity index (χ1) is 14.5. The Labute approximate surface area is 182 Å². The summed E-state index contributed by atoms with van der Waals surface area (Å²) in [6.07, 6.45) is 5.99. The Morgan fingerprint density at radius 3 is 2.03 bits per heavy atom. The molecule has 0 N–H and O–H groups in total. The van der Waals surface area contributed by atoms with Gasteiger partial charge in [-0.15, -0.1) is 0 Å². The average molecular weight is 395 g/mol. The molecule has 0 atom stereocenters. The van der Waals surface area contributed by atoms with Crippen LogP contribution in [0, 0.1) is 0 Å². The lowest BCUT2D eigenvalue weighted by atomic mass is 9.85. The van der Waals surface area contributed by atoms with Crippen molar-refractivity contribution in [3.8, 4) is 22.3 Å². The van der Waals surface area contributed by atoms with E-state index in [1.54, 1.807) is 5.57 Å². The molecular formula is C30H34. The Kier molecular flexibility index (Phi) is 5.95. The molecule has 0 bridgehead atoms. The fourth-order valence-corrected chi connectivity index (χ4v) is 4.62. The molecule has 0 aliphatic heterocycles. The fourth-order valence-electron chi connectivity index (χ4n) is 4.62. The quantitative estimate of drug-likeness (QED) is 0.391. The highest BCUT2D eigenvalue weighted by atomic mass is 14.3. The van der Waals surface area contributed by atoms with E-state index < -0.39 is 0 Å². The number of rotatable bonds is 6.